The molecular formula is C16H22N2O. The Labute approximate surface area is 115 Å². The molecule has 0 aromatic rings. The van der Waals surface area contributed by atoms with Gasteiger partial charge in [-0.1, -0.05) is 0 Å². The number of ether oxygens (including phenoxy) is 1. The summed E-state index contributed by atoms with van der Waals surface area (Å²) in [5, 5.41) is 3.55. The number of fused-ring (bicyclic) bond motifs is 1. The van der Waals surface area contributed by atoms with Gasteiger partial charge >= 0.3 is 0 Å². The van der Waals surface area contributed by atoms with Crippen LogP contribution in [0.5, 0.6) is 0 Å². The Bertz CT molecular complexity index is 493. The molecule has 0 spiro atoms. The molecule has 3 aliphatic rings. The lowest BCUT2D eigenvalue weighted by atomic mass is 9.90. The number of nitrogens with one attached hydrogen (secondary N) is 1. The smallest absolute Gasteiger partial charge is 0.118 e. The lowest BCUT2D eigenvalue weighted by Gasteiger charge is -2.19. The molecule has 19 heavy (non-hydrogen) atoms. The minimum absolute atomic E-state index is 0.894. The fraction of sp³-hybridized carbons (Fsp3) is 0.562. The molecule has 0 atom stereocenters. The highest BCUT2D eigenvalue weighted by Crippen LogP contribution is 2.33. The number of rotatable bonds is 6. The first-order valence-corrected chi connectivity index (χ1v) is 7.22. The molecule has 0 bridgehead atoms. The predicted molar refractivity (Wildman–Crippen MR) is 78.1 cm³/mol. The minimum atomic E-state index is 0.894. The second-order valence-electron chi connectivity index (χ2n) is 5.60. The lowest BCUT2D eigenvalue weighted by molar-refractivity contribution is 0.298. The molecule has 0 unspecified atom stereocenters. The molecule has 102 valence electrons. The van der Waals surface area contributed by atoms with Gasteiger partial charge in [0.05, 0.1) is 12.8 Å². The van der Waals surface area contributed by atoms with Gasteiger partial charge in [-0.25, -0.2) is 0 Å². The zero-order valence-corrected chi connectivity index (χ0v) is 11.8. The summed E-state index contributed by atoms with van der Waals surface area (Å²) in [7, 11) is 1.74. The molecule has 1 N–H and O–H groups in total. The van der Waals surface area contributed by atoms with Crippen LogP contribution in [0.25, 0.3) is 0 Å². The molecule has 0 saturated heterocycles. The Morgan fingerprint density at radius 3 is 3.00 bits per heavy atom. The standard InChI is InChI=1S/C16H22N2O/c1-11-15(19-2)6-5-14-16(11)13(10-18-14)7-8-17-9-12-3-4-12/h6,10,12,17H,3-5,7-9H2,1-2H3. The Hall–Kier alpha value is -1.35. The average molecular weight is 258 g/mol. The molecule has 0 aromatic heterocycles. The van der Waals surface area contributed by atoms with Crippen LogP contribution in [-0.4, -0.2) is 25.9 Å². The van der Waals surface area contributed by atoms with Crippen LogP contribution in [0.1, 0.15) is 32.6 Å². The molecule has 3 heteroatoms. The van der Waals surface area contributed by atoms with Gasteiger partial charge in [-0.15, -0.1) is 0 Å². The third kappa shape index (κ3) is 2.66. The summed E-state index contributed by atoms with van der Waals surface area (Å²) in [5.41, 5.74) is 5.12. The highest BCUT2D eigenvalue weighted by Gasteiger charge is 2.25. The van der Waals surface area contributed by atoms with Crippen molar-refractivity contribution in [2.75, 3.05) is 20.2 Å². The average Bonchev–Trinajstić information content (AvgIpc) is 3.15. The van der Waals surface area contributed by atoms with E-state index in [0.717, 1.165) is 31.1 Å². The molecule has 1 heterocycles. The summed E-state index contributed by atoms with van der Waals surface area (Å²) in [5.74, 6) is 1.95. The van der Waals surface area contributed by atoms with Crippen LogP contribution >= 0.6 is 0 Å². The van der Waals surface area contributed by atoms with Gasteiger partial charge in [0.2, 0.25) is 0 Å². The molecule has 1 fully saturated rings. The third-order valence-corrected chi connectivity index (χ3v) is 4.13. The zero-order valence-electron chi connectivity index (χ0n) is 11.8. The van der Waals surface area contributed by atoms with Crippen molar-refractivity contribution in [1.82, 2.24) is 5.32 Å². The van der Waals surface area contributed by atoms with Crippen molar-refractivity contribution in [2.24, 2.45) is 10.9 Å². The van der Waals surface area contributed by atoms with Gasteiger partial charge in [0.15, 0.2) is 0 Å². The number of hydrogen-bond acceptors (Lipinski definition) is 3. The van der Waals surface area contributed by atoms with Crippen molar-refractivity contribution in [3.8, 4) is 0 Å². The number of hydrogen-bond donors (Lipinski definition) is 1. The van der Waals surface area contributed by atoms with Crippen molar-refractivity contribution in [1.29, 1.82) is 0 Å². The molecule has 3 nitrogen and oxygen atoms in total. The minimum Gasteiger partial charge on any atom is -0.497 e. The molecule has 1 aliphatic heterocycles. The van der Waals surface area contributed by atoms with E-state index >= 15 is 0 Å². The van der Waals surface area contributed by atoms with E-state index in [1.165, 1.54) is 41.8 Å². The number of allylic oxidation sites excluding steroid dienone is 3. The summed E-state index contributed by atoms with van der Waals surface area (Å²) >= 11 is 0. The number of methoxy groups -OCH3 is 1. The van der Waals surface area contributed by atoms with E-state index in [4.69, 9.17) is 4.74 Å². The largest absolute Gasteiger partial charge is 0.497 e. The van der Waals surface area contributed by atoms with Crippen molar-refractivity contribution in [3.63, 3.8) is 0 Å². The monoisotopic (exact) mass is 258 g/mol. The van der Waals surface area contributed by atoms with Gasteiger partial charge in [0.25, 0.3) is 0 Å². The maximum absolute atomic E-state index is 5.43. The maximum atomic E-state index is 5.43. The summed E-state index contributed by atoms with van der Waals surface area (Å²) in [6.07, 6.45) is 8.94. The van der Waals surface area contributed by atoms with Crippen molar-refractivity contribution >= 4 is 5.71 Å². The van der Waals surface area contributed by atoms with E-state index in [2.05, 4.69) is 23.3 Å². The van der Waals surface area contributed by atoms with Crippen LogP contribution in [0.15, 0.2) is 39.7 Å². The molecule has 1 saturated carbocycles. The van der Waals surface area contributed by atoms with E-state index in [1.54, 1.807) is 7.11 Å². The van der Waals surface area contributed by atoms with Crippen LogP contribution in [0.2, 0.25) is 0 Å². The third-order valence-electron chi connectivity index (χ3n) is 4.13. The quantitative estimate of drug-likeness (QED) is 0.743. The number of nitrogens with zero attached hydrogens (tertiary/aromatic N) is 1. The van der Waals surface area contributed by atoms with Crippen molar-refractivity contribution in [3.05, 3.63) is 34.8 Å². The molecule has 0 amide bonds. The van der Waals surface area contributed by atoms with E-state index in [9.17, 15) is 0 Å². The van der Waals surface area contributed by atoms with Crippen LogP contribution in [0.3, 0.4) is 0 Å². The van der Waals surface area contributed by atoms with E-state index in [-0.39, 0.29) is 0 Å². The van der Waals surface area contributed by atoms with Gasteiger partial charge in [-0.3, -0.25) is 4.99 Å². The van der Waals surface area contributed by atoms with E-state index in [0.29, 0.717) is 0 Å². The second kappa shape index (κ2) is 5.33. The normalized spacial score (nSPS) is 21.9. The first kappa shape index (κ1) is 12.7. The SMILES string of the molecule is COC1=CCC2=NC=C(CCNCC3CC3)C2=C1C. The van der Waals surface area contributed by atoms with Crippen LogP contribution in [0.4, 0.5) is 0 Å². The fourth-order valence-electron chi connectivity index (χ4n) is 2.83. The highest BCUT2D eigenvalue weighted by molar-refractivity contribution is 6.09. The summed E-state index contributed by atoms with van der Waals surface area (Å²) in [6.45, 7) is 4.37. The van der Waals surface area contributed by atoms with Crippen molar-refractivity contribution < 1.29 is 4.74 Å². The summed E-state index contributed by atoms with van der Waals surface area (Å²) in [4.78, 5) is 4.55. The molecule has 0 aromatic carbocycles. The Morgan fingerprint density at radius 2 is 2.26 bits per heavy atom. The van der Waals surface area contributed by atoms with Crippen LogP contribution < -0.4 is 5.32 Å². The van der Waals surface area contributed by atoms with Crippen LogP contribution in [-0.2, 0) is 4.74 Å². The van der Waals surface area contributed by atoms with Gasteiger partial charge in [0.1, 0.15) is 5.76 Å². The Kier molecular flexibility index (Phi) is 3.56. The topological polar surface area (TPSA) is 33.6 Å². The van der Waals surface area contributed by atoms with Gasteiger partial charge in [0, 0.05) is 23.8 Å². The highest BCUT2D eigenvalue weighted by atomic mass is 16.5. The Morgan fingerprint density at radius 1 is 1.42 bits per heavy atom. The van der Waals surface area contributed by atoms with E-state index < -0.39 is 0 Å². The van der Waals surface area contributed by atoms with Crippen LogP contribution in [0, 0.1) is 5.92 Å². The van der Waals surface area contributed by atoms with Gasteiger partial charge < -0.3 is 10.1 Å². The van der Waals surface area contributed by atoms with E-state index in [1.807, 2.05) is 6.20 Å². The lowest BCUT2D eigenvalue weighted by Crippen LogP contribution is -2.19. The predicted octanol–water partition coefficient (Wildman–Crippen LogP) is 2.97. The first-order valence-electron chi connectivity index (χ1n) is 7.22. The summed E-state index contributed by atoms with van der Waals surface area (Å²) in [6, 6.07) is 0. The summed E-state index contributed by atoms with van der Waals surface area (Å²) < 4.78 is 5.43. The molecule has 2 aliphatic carbocycles. The van der Waals surface area contributed by atoms with Crippen molar-refractivity contribution in [2.45, 2.75) is 32.6 Å². The molecule has 3 rings (SSSR count). The van der Waals surface area contributed by atoms with Gasteiger partial charge in [-0.2, -0.15) is 0 Å². The zero-order chi connectivity index (χ0) is 13.2. The first-order chi connectivity index (χ1) is 9.29. The second-order valence-corrected chi connectivity index (χ2v) is 5.60. The Balaban J connectivity index is 1.61. The number of aliphatic imine (C=N–C) groups is 1. The fourth-order valence-corrected chi connectivity index (χ4v) is 2.83. The maximum Gasteiger partial charge on any atom is 0.118 e. The van der Waals surface area contributed by atoms with Gasteiger partial charge in [-0.05, 0) is 56.8 Å². The molecule has 0 radical (unpaired) electrons. The molecular weight excluding hydrogens is 236 g/mol.